The van der Waals surface area contributed by atoms with Crippen LogP contribution >= 0.6 is 0 Å². The number of rotatable bonds is 7. The largest absolute Gasteiger partial charge is 0.370 e. The van der Waals surface area contributed by atoms with E-state index in [9.17, 15) is 0 Å². The smallest absolute Gasteiger partial charge is 0.134 e. The molecule has 1 saturated carbocycles. The molecule has 0 spiro atoms. The Labute approximate surface area is 110 Å². The van der Waals surface area contributed by atoms with Gasteiger partial charge in [0.05, 0.1) is 0 Å². The van der Waals surface area contributed by atoms with Crippen molar-refractivity contribution in [2.24, 2.45) is 5.92 Å². The predicted octanol–water partition coefficient (Wildman–Crippen LogP) is 2.99. The molecular formula is C14H24N4. The van der Waals surface area contributed by atoms with Gasteiger partial charge in [-0.15, -0.1) is 0 Å². The van der Waals surface area contributed by atoms with Crippen molar-refractivity contribution in [2.45, 2.75) is 46.5 Å². The molecule has 0 aromatic carbocycles. The topological polar surface area (TPSA) is 49.8 Å². The van der Waals surface area contributed by atoms with Crippen LogP contribution in [0, 0.1) is 12.8 Å². The third-order valence-corrected chi connectivity index (χ3v) is 3.39. The second-order valence-electron chi connectivity index (χ2n) is 5.00. The third-order valence-electron chi connectivity index (χ3n) is 3.39. The lowest BCUT2D eigenvalue weighted by molar-refractivity contribution is 0.756. The monoisotopic (exact) mass is 248 g/mol. The molecule has 0 bridgehead atoms. The maximum Gasteiger partial charge on any atom is 0.134 e. The fraction of sp³-hybridized carbons (Fsp3) is 0.714. The number of hydrogen-bond acceptors (Lipinski definition) is 4. The Morgan fingerprint density at radius 2 is 1.78 bits per heavy atom. The van der Waals surface area contributed by atoms with Gasteiger partial charge >= 0.3 is 0 Å². The fourth-order valence-electron chi connectivity index (χ4n) is 2.03. The minimum absolute atomic E-state index is 0.871. The van der Waals surface area contributed by atoms with Crippen LogP contribution in [0.3, 0.4) is 0 Å². The SMILES string of the molecule is CCNc1nc(CC)nc(NCCC2CC2)c1C. The number of nitrogens with one attached hydrogen (secondary N) is 2. The Bertz CT molecular complexity index is 399. The van der Waals surface area contributed by atoms with E-state index in [1.165, 1.54) is 19.3 Å². The Kier molecular flexibility index (Phi) is 4.39. The van der Waals surface area contributed by atoms with Crippen molar-refractivity contribution in [3.63, 3.8) is 0 Å². The van der Waals surface area contributed by atoms with E-state index in [1.54, 1.807) is 0 Å². The van der Waals surface area contributed by atoms with Crippen LogP contribution in [0.2, 0.25) is 0 Å². The fourth-order valence-corrected chi connectivity index (χ4v) is 2.03. The molecule has 4 nitrogen and oxygen atoms in total. The van der Waals surface area contributed by atoms with E-state index in [0.717, 1.165) is 48.5 Å². The number of hydrogen-bond donors (Lipinski definition) is 2. The molecule has 0 saturated heterocycles. The summed E-state index contributed by atoms with van der Waals surface area (Å²) in [4.78, 5) is 9.12. The highest BCUT2D eigenvalue weighted by Crippen LogP contribution is 2.32. The van der Waals surface area contributed by atoms with Crippen LogP contribution in [0.4, 0.5) is 11.6 Å². The average molecular weight is 248 g/mol. The summed E-state index contributed by atoms with van der Waals surface area (Å²) in [5.74, 6) is 3.83. The lowest BCUT2D eigenvalue weighted by Gasteiger charge is -2.14. The molecule has 0 amide bonds. The Morgan fingerprint density at radius 3 is 2.33 bits per heavy atom. The van der Waals surface area contributed by atoms with Gasteiger partial charge in [-0.05, 0) is 26.2 Å². The van der Waals surface area contributed by atoms with Gasteiger partial charge in [-0.3, -0.25) is 0 Å². The van der Waals surface area contributed by atoms with Gasteiger partial charge in [-0.25, -0.2) is 9.97 Å². The van der Waals surface area contributed by atoms with Crippen LogP contribution in [0.1, 0.15) is 44.5 Å². The second-order valence-corrected chi connectivity index (χ2v) is 5.00. The molecule has 1 aromatic rings. The van der Waals surface area contributed by atoms with E-state index < -0.39 is 0 Å². The number of nitrogens with zero attached hydrogens (tertiary/aromatic N) is 2. The minimum Gasteiger partial charge on any atom is -0.370 e. The molecule has 0 radical (unpaired) electrons. The number of anilines is 2. The second kappa shape index (κ2) is 6.03. The van der Waals surface area contributed by atoms with Gasteiger partial charge in [-0.2, -0.15) is 0 Å². The minimum atomic E-state index is 0.871. The summed E-state index contributed by atoms with van der Waals surface area (Å²) in [5.41, 5.74) is 1.13. The molecule has 1 aliphatic carbocycles. The molecule has 0 unspecified atom stereocenters. The van der Waals surface area contributed by atoms with Crippen molar-refractivity contribution >= 4 is 11.6 Å². The van der Waals surface area contributed by atoms with Crippen LogP contribution in [-0.4, -0.2) is 23.1 Å². The lowest BCUT2D eigenvalue weighted by Crippen LogP contribution is -2.12. The zero-order chi connectivity index (χ0) is 13.0. The molecular weight excluding hydrogens is 224 g/mol. The first kappa shape index (κ1) is 13.1. The first-order valence-electron chi connectivity index (χ1n) is 7.09. The maximum absolute atomic E-state index is 4.59. The molecule has 1 fully saturated rings. The van der Waals surface area contributed by atoms with Crippen LogP contribution in [0.25, 0.3) is 0 Å². The van der Waals surface area contributed by atoms with Crippen molar-refractivity contribution in [3.8, 4) is 0 Å². The highest BCUT2D eigenvalue weighted by atomic mass is 15.1. The summed E-state index contributed by atoms with van der Waals surface area (Å²) in [6.45, 7) is 8.18. The van der Waals surface area contributed by atoms with Crippen LogP contribution in [0.15, 0.2) is 0 Å². The third kappa shape index (κ3) is 3.34. The molecule has 1 heterocycles. The Balaban J connectivity index is 2.07. The number of aromatic nitrogens is 2. The molecule has 1 aromatic heterocycles. The molecule has 0 aliphatic heterocycles. The van der Waals surface area contributed by atoms with E-state index in [-0.39, 0.29) is 0 Å². The van der Waals surface area contributed by atoms with Gasteiger partial charge in [0.15, 0.2) is 0 Å². The molecule has 0 atom stereocenters. The van der Waals surface area contributed by atoms with Crippen molar-refractivity contribution in [1.82, 2.24) is 9.97 Å². The molecule has 2 rings (SSSR count). The molecule has 2 N–H and O–H groups in total. The summed E-state index contributed by atoms with van der Waals surface area (Å²) in [6, 6.07) is 0. The van der Waals surface area contributed by atoms with Gasteiger partial charge in [0.2, 0.25) is 0 Å². The van der Waals surface area contributed by atoms with Gasteiger partial charge in [0.25, 0.3) is 0 Å². The van der Waals surface area contributed by atoms with E-state index in [4.69, 9.17) is 0 Å². The number of aryl methyl sites for hydroxylation is 1. The zero-order valence-electron chi connectivity index (χ0n) is 11.7. The normalized spacial score (nSPS) is 14.6. The first-order chi connectivity index (χ1) is 8.74. The average Bonchev–Trinajstić information content (AvgIpc) is 3.18. The van der Waals surface area contributed by atoms with Crippen molar-refractivity contribution < 1.29 is 0 Å². The summed E-state index contributed by atoms with van der Waals surface area (Å²) in [5, 5.41) is 6.78. The summed E-state index contributed by atoms with van der Waals surface area (Å²) in [6.07, 6.45) is 4.96. The van der Waals surface area contributed by atoms with Gasteiger partial charge in [0.1, 0.15) is 17.5 Å². The van der Waals surface area contributed by atoms with Gasteiger partial charge < -0.3 is 10.6 Å². The molecule has 4 heteroatoms. The molecule has 1 aliphatic rings. The summed E-state index contributed by atoms with van der Waals surface area (Å²) >= 11 is 0. The Morgan fingerprint density at radius 1 is 1.11 bits per heavy atom. The van der Waals surface area contributed by atoms with Crippen LogP contribution < -0.4 is 10.6 Å². The molecule has 100 valence electrons. The van der Waals surface area contributed by atoms with Gasteiger partial charge in [0, 0.05) is 25.1 Å². The van der Waals surface area contributed by atoms with Crippen molar-refractivity contribution in [3.05, 3.63) is 11.4 Å². The van der Waals surface area contributed by atoms with Gasteiger partial charge in [-0.1, -0.05) is 19.8 Å². The zero-order valence-corrected chi connectivity index (χ0v) is 11.7. The Hall–Kier alpha value is -1.32. The summed E-state index contributed by atoms with van der Waals surface area (Å²) < 4.78 is 0. The van der Waals surface area contributed by atoms with Crippen molar-refractivity contribution in [1.29, 1.82) is 0 Å². The lowest BCUT2D eigenvalue weighted by atomic mass is 10.2. The molecule has 18 heavy (non-hydrogen) atoms. The highest BCUT2D eigenvalue weighted by Gasteiger charge is 2.20. The van der Waals surface area contributed by atoms with Crippen LogP contribution in [-0.2, 0) is 6.42 Å². The van der Waals surface area contributed by atoms with Crippen LogP contribution in [0.5, 0.6) is 0 Å². The van der Waals surface area contributed by atoms with E-state index in [1.807, 2.05) is 0 Å². The summed E-state index contributed by atoms with van der Waals surface area (Å²) in [7, 11) is 0. The predicted molar refractivity (Wildman–Crippen MR) is 76.1 cm³/mol. The van der Waals surface area contributed by atoms with Crippen molar-refractivity contribution in [2.75, 3.05) is 23.7 Å². The van der Waals surface area contributed by atoms with E-state index in [2.05, 4.69) is 41.4 Å². The highest BCUT2D eigenvalue weighted by molar-refractivity contribution is 5.57. The first-order valence-corrected chi connectivity index (χ1v) is 7.09. The van der Waals surface area contributed by atoms with E-state index >= 15 is 0 Å². The van der Waals surface area contributed by atoms with E-state index in [0.29, 0.717) is 0 Å². The maximum atomic E-state index is 4.59. The standard InChI is InChI=1S/C14H24N4/c1-4-12-17-13(15-5-2)10(3)14(18-12)16-9-8-11-6-7-11/h11H,4-9H2,1-3H3,(H2,15,16,17,18). The quantitative estimate of drug-likeness (QED) is 0.779.